The van der Waals surface area contributed by atoms with Gasteiger partial charge in [-0.2, -0.15) is 10.2 Å². The van der Waals surface area contributed by atoms with Crippen molar-refractivity contribution < 1.29 is 4.39 Å². The van der Waals surface area contributed by atoms with Crippen LogP contribution in [0.5, 0.6) is 0 Å². The van der Waals surface area contributed by atoms with Gasteiger partial charge in [0, 0.05) is 12.1 Å². The number of benzene rings is 1. The lowest BCUT2D eigenvalue weighted by molar-refractivity contribution is 0.557. The zero-order valence-electron chi connectivity index (χ0n) is 11.0. The molecule has 0 radical (unpaired) electrons. The van der Waals surface area contributed by atoms with Crippen LogP contribution < -0.4 is 5.56 Å². The Morgan fingerprint density at radius 1 is 1.25 bits per heavy atom. The minimum atomic E-state index is -0.301. The maximum Gasteiger partial charge on any atom is 0.292 e. The van der Waals surface area contributed by atoms with Gasteiger partial charge in [-0.3, -0.25) is 4.79 Å². The molecule has 0 bridgehead atoms. The summed E-state index contributed by atoms with van der Waals surface area (Å²) in [5, 5.41) is 8.35. The minimum Gasteiger partial charge on any atom is -0.265 e. The number of hydrogen-bond donors (Lipinski definition) is 0. The van der Waals surface area contributed by atoms with E-state index in [1.54, 1.807) is 18.2 Å². The van der Waals surface area contributed by atoms with Gasteiger partial charge in [-0.05, 0) is 36.8 Å². The molecule has 6 heteroatoms. The summed E-state index contributed by atoms with van der Waals surface area (Å²) < 4.78 is 15.8. The van der Waals surface area contributed by atoms with Crippen LogP contribution in [-0.2, 0) is 6.54 Å². The fourth-order valence-electron chi connectivity index (χ4n) is 2.07. The van der Waals surface area contributed by atoms with Crippen LogP contribution in [0.3, 0.4) is 0 Å². The molecule has 0 amide bonds. The van der Waals surface area contributed by atoms with Crippen LogP contribution in [0, 0.1) is 5.82 Å². The summed E-state index contributed by atoms with van der Waals surface area (Å²) in [6.07, 6.45) is 2.35. The van der Waals surface area contributed by atoms with Gasteiger partial charge in [-0.25, -0.2) is 13.6 Å². The van der Waals surface area contributed by atoms with Gasteiger partial charge in [0.25, 0.3) is 5.56 Å². The Hall–Kier alpha value is -2.50. The third-order valence-electron chi connectivity index (χ3n) is 3.07. The third kappa shape index (κ3) is 2.09. The van der Waals surface area contributed by atoms with Crippen molar-refractivity contribution in [2.24, 2.45) is 0 Å². The Balaban J connectivity index is 2.13. The van der Waals surface area contributed by atoms with Crippen molar-refractivity contribution in [2.45, 2.75) is 19.9 Å². The first kappa shape index (κ1) is 12.5. The van der Waals surface area contributed by atoms with E-state index in [2.05, 4.69) is 10.2 Å². The second-order valence-electron chi connectivity index (χ2n) is 4.53. The van der Waals surface area contributed by atoms with E-state index in [4.69, 9.17) is 0 Å². The Morgan fingerprint density at radius 3 is 2.70 bits per heavy atom. The molecule has 3 rings (SSSR count). The van der Waals surface area contributed by atoms with Crippen molar-refractivity contribution >= 4 is 5.52 Å². The highest BCUT2D eigenvalue weighted by molar-refractivity contribution is 5.65. The molecule has 102 valence electrons. The Kier molecular flexibility index (Phi) is 3.06. The van der Waals surface area contributed by atoms with E-state index in [1.165, 1.54) is 27.7 Å². The number of halogens is 1. The fourth-order valence-corrected chi connectivity index (χ4v) is 2.07. The number of rotatable bonds is 3. The van der Waals surface area contributed by atoms with Crippen molar-refractivity contribution in [1.29, 1.82) is 0 Å². The molecule has 1 aromatic carbocycles. The lowest BCUT2D eigenvalue weighted by Gasteiger charge is -2.00. The van der Waals surface area contributed by atoms with Gasteiger partial charge in [-0.1, -0.05) is 6.92 Å². The fraction of sp³-hybridized carbons (Fsp3) is 0.214. The van der Waals surface area contributed by atoms with E-state index < -0.39 is 0 Å². The van der Waals surface area contributed by atoms with Crippen molar-refractivity contribution in [3.8, 4) is 11.3 Å². The van der Waals surface area contributed by atoms with Gasteiger partial charge in [0.2, 0.25) is 0 Å². The van der Waals surface area contributed by atoms with E-state index in [9.17, 15) is 9.18 Å². The van der Waals surface area contributed by atoms with Crippen molar-refractivity contribution in [3.63, 3.8) is 0 Å². The zero-order valence-corrected chi connectivity index (χ0v) is 11.0. The second-order valence-corrected chi connectivity index (χ2v) is 4.53. The van der Waals surface area contributed by atoms with Crippen LogP contribution in [0.15, 0.2) is 41.5 Å². The molecule has 0 atom stereocenters. The van der Waals surface area contributed by atoms with Crippen LogP contribution in [0.1, 0.15) is 13.3 Å². The molecule has 0 aliphatic carbocycles. The number of aryl methyl sites for hydroxylation is 1. The summed E-state index contributed by atoms with van der Waals surface area (Å²) in [7, 11) is 0. The highest BCUT2D eigenvalue weighted by Gasteiger charge is 2.09. The number of nitrogens with zero attached hydrogens (tertiary/aromatic N) is 4. The monoisotopic (exact) mass is 272 g/mol. The van der Waals surface area contributed by atoms with E-state index in [-0.39, 0.29) is 11.4 Å². The quantitative estimate of drug-likeness (QED) is 0.733. The summed E-state index contributed by atoms with van der Waals surface area (Å²) >= 11 is 0. The normalized spacial score (nSPS) is 11.1. The van der Waals surface area contributed by atoms with Crippen molar-refractivity contribution in [3.05, 3.63) is 52.8 Å². The summed E-state index contributed by atoms with van der Waals surface area (Å²) in [6, 6.07) is 7.70. The molecular weight excluding hydrogens is 259 g/mol. The van der Waals surface area contributed by atoms with Crippen LogP contribution >= 0.6 is 0 Å². The molecule has 2 aromatic heterocycles. The van der Waals surface area contributed by atoms with Crippen molar-refractivity contribution in [1.82, 2.24) is 19.4 Å². The lowest BCUT2D eigenvalue weighted by Crippen LogP contribution is -2.24. The topological polar surface area (TPSA) is 52.2 Å². The number of aromatic nitrogens is 4. The van der Waals surface area contributed by atoms with Gasteiger partial charge in [0.1, 0.15) is 17.7 Å². The average molecular weight is 272 g/mol. The Labute approximate surface area is 114 Å². The molecule has 0 saturated heterocycles. The molecule has 0 unspecified atom stereocenters. The summed E-state index contributed by atoms with van der Waals surface area (Å²) in [6.45, 7) is 2.56. The minimum absolute atomic E-state index is 0.171. The third-order valence-corrected chi connectivity index (χ3v) is 3.07. The molecule has 0 aliphatic heterocycles. The highest BCUT2D eigenvalue weighted by Crippen LogP contribution is 2.18. The molecule has 0 saturated carbocycles. The van der Waals surface area contributed by atoms with E-state index in [1.807, 2.05) is 6.92 Å². The van der Waals surface area contributed by atoms with Gasteiger partial charge in [0.15, 0.2) is 0 Å². The number of fused-ring (bicyclic) bond motifs is 1. The molecule has 2 heterocycles. The van der Waals surface area contributed by atoms with E-state index >= 15 is 0 Å². The summed E-state index contributed by atoms with van der Waals surface area (Å²) in [5.41, 5.74) is 1.68. The SMILES string of the molecule is CCCn1ncn2nc(-c3ccc(F)cc3)cc2c1=O. The van der Waals surface area contributed by atoms with Crippen LogP contribution in [0.25, 0.3) is 16.8 Å². The zero-order chi connectivity index (χ0) is 14.1. The molecule has 0 N–H and O–H groups in total. The van der Waals surface area contributed by atoms with Crippen LogP contribution in [0.2, 0.25) is 0 Å². The predicted octanol–water partition coefficient (Wildman–Crippen LogP) is 2.11. The molecule has 0 aliphatic rings. The van der Waals surface area contributed by atoms with Gasteiger partial charge in [-0.15, -0.1) is 0 Å². The first-order valence-electron chi connectivity index (χ1n) is 6.40. The largest absolute Gasteiger partial charge is 0.292 e. The number of hydrogen-bond acceptors (Lipinski definition) is 3. The van der Waals surface area contributed by atoms with Gasteiger partial charge < -0.3 is 0 Å². The molecule has 5 nitrogen and oxygen atoms in total. The smallest absolute Gasteiger partial charge is 0.265 e. The second kappa shape index (κ2) is 4.88. The molecule has 20 heavy (non-hydrogen) atoms. The molecule has 0 fully saturated rings. The average Bonchev–Trinajstić information content (AvgIpc) is 2.88. The highest BCUT2D eigenvalue weighted by atomic mass is 19.1. The van der Waals surface area contributed by atoms with Crippen LogP contribution in [0.4, 0.5) is 4.39 Å². The predicted molar refractivity (Wildman–Crippen MR) is 72.9 cm³/mol. The lowest BCUT2D eigenvalue weighted by atomic mass is 10.1. The summed E-state index contributed by atoms with van der Waals surface area (Å²) in [4.78, 5) is 12.2. The maximum atomic E-state index is 12.9. The summed E-state index contributed by atoms with van der Waals surface area (Å²) in [5.74, 6) is -0.301. The van der Waals surface area contributed by atoms with Gasteiger partial charge >= 0.3 is 0 Å². The van der Waals surface area contributed by atoms with Crippen LogP contribution in [-0.4, -0.2) is 19.4 Å². The molecule has 3 aromatic rings. The molecular formula is C14H13FN4O. The van der Waals surface area contributed by atoms with E-state index in [0.29, 0.717) is 17.8 Å². The van der Waals surface area contributed by atoms with Crippen molar-refractivity contribution in [2.75, 3.05) is 0 Å². The molecule has 0 spiro atoms. The maximum absolute atomic E-state index is 12.9. The first-order chi connectivity index (χ1) is 9.69. The first-order valence-corrected chi connectivity index (χ1v) is 6.40. The van der Waals surface area contributed by atoms with Gasteiger partial charge in [0.05, 0.1) is 5.69 Å². The van der Waals surface area contributed by atoms with E-state index in [0.717, 1.165) is 12.0 Å². The standard InChI is InChI=1S/C14H13FN4O/c1-2-7-18-14(20)13-8-12(17-19(13)9-16-18)10-3-5-11(15)6-4-10/h3-6,8-9H,2,7H2,1H3. The Bertz CT molecular complexity index is 804. The Morgan fingerprint density at radius 2 is 2.00 bits per heavy atom.